The molecule has 1 atom stereocenters. The molecule has 0 bridgehead atoms. The van der Waals surface area contributed by atoms with E-state index in [2.05, 4.69) is 5.32 Å². The number of nitrogens with one attached hydrogen (secondary N) is 1. The number of carbonyl (C=O) groups is 1. The SMILES string of the molecule is C/C=C/CCNC(=O)C(C#N)C(C)C. The van der Waals surface area contributed by atoms with Crippen LogP contribution in [0.3, 0.4) is 0 Å². The summed E-state index contributed by atoms with van der Waals surface area (Å²) in [6.45, 7) is 6.29. The zero-order valence-electron chi connectivity index (χ0n) is 9.08. The minimum atomic E-state index is -0.527. The summed E-state index contributed by atoms with van der Waals surface area (Å²) >= 11 is 0. The highest BCUT2D eigenvalue weighted by molar-refractivity contribution is 5.81. The number of nitriles is 1. The van der Waals surface area contributed by atoms with Crippen LogP contribution in [0.5, 0.6) is 0 Å². The van der Waals surface area contributed by atoms with E-state index in [4.69, 9.17) is 5.26 Å². The van der Waals surface area contributed by atoms with Crippen LogP contribution >= 0.6 is 0 Å². The Balaban J connectivity index is 3.89. The van der Waals surface area contributed by atoms with Gasteiger partial charge in [0.1, 0.15) is 5.92 Å². The average molecular weight is 194 g/mol. The van der Waals surface area contributed by atoms with E-state index in [9.17, 15) is 4.79 Å². The second kappa shape index (κ2) is 7.14. The molecule has 0 aromatic rings. The van der Waals surface area contributed by atoms with Crippen LogP contribution in [0.25, 0.3) is 0 Å². The fourth-order valence-corrected chi connectivity index (χ4v) is 1.07. The summed E-state index contributed by atoms with van der Waals surface area (Å²) in [4.78, 5) is 11.4. The summed E-state index contributed by atoms with van der Waals surface area (Å²) < 4.78 is 0. The van der Waals surface area contributed by atoms with E-state index in [1.807, 2.05) is 39.0 Å². The van der Waals surface area contributed by atoms with E-state index in [1.54, 1.807) is 0 Å². The summed E-state index contributed by atoms with van der Waals surface area (Å²) in [5, 5.41) is 11.5. The Morgan fingerprint density at radius 3 is 2.64 bits per heavy atom. The molecule has 0 fully saturated rings. The predicted octanol–water partition coefficient (Wildman–Crippen LogP) is 1.86. The van der Waals surface area contributed by atoms with E-state index >= 15 is 0 Å². The zero-order valence-corrected chi connectivity index (χ0v) is 9.08. The molecule has 0 aliphatic rings. The van der Waals surface area contributed by atoms with Crippen molar-refractivity contribution in [2.24, 2.45) is 11.8 Å². The lowest BCUT2D eigenvalue weighted by Crippen LogP contribution is -2.33. The maximum Gasteiger partial charge on any atom is 0.237 e. The Morgan fingerprint density at radius 2 is 2.21 bits per heavy atom. The third kappa shape index (κ3) is 4.66. The number of allylic oxidation sites excluding steroid dienone is 1. The van der Waals surface area contributed by atoms with Gasteiger partial charge in [-0.2, -0.15) is 5.26 Å². The summed E-state index contributed by atoms with van der Waals surface area (Å²) in [6, 6.07) is 2.01. The van der Waals surface area contributed by atoms with Gasteiger partial charge in [0.25, 0.3) is 0 Å². The molecular weight excluding hydrogens is 176 g/mol. The smallest absolute Gasteiger partial charge is 0.237 e. The van der Waals surface area contributed by atoms with E-state index in [-0.39, 0.29) is 11.8 Å². The van der Waals surface area contributed by atoms with Crippen LogP contribution in [0.1, 0.15) is 27.2 Å². The van der Waals surface area contributed by atoms with Gasteiger partial charge in [-0.15, -0.1) is 0 Å². The van der Waals surface area contributed by atoms with Gasteiger partial charge in [-0.3, -0.25) is 4.79 Å². The molecular formula is C11H18N2O. The number of nitrogens with zero attached hydrogens (tertiary/aromatic N) is 1. The number of hydrogen-bond acceptors (Lipinski definition) is 2. The topological polar surface area (TPSA) is 52.9 Å². The van der Waals surface area contributed by atoms with Crippen LogP contribution in [0.4, 0.5) is 0 Å². The second-order valence-electron chi connectivity index (χ2n) is 3.50. The molecule has 0 aromatic heterocycles. The van der Waals surface area contributed by atoms with Gasteiger partial charge in [-0.25, -0.2) is 0 Å². The van der Waals surface area contributed by atoms with E-state index in [1.165, 1.54) is 0 Å². The normalized spacial score (nSPS) is 12.8. The standard InChI is InChI=1S/C11H18N2O/c1-4-5-6-7-13-11(14)10(8-12)9(2)3/h4-5,9-10H,6-7H2,1-3H3,(H,13,14)/b5-4+. The van der Waals surface area contributed by atoms with Crippen LogP contribution in [-0.4, -0.2) is 12.5 Å². The van der Waals surface area contributed by atoms with E-state index in [0.29, 0.717) is 6.54 Å². The molecule has 0 aromatic carbocycles. The van der Waals surface area contributed by atoms with Crippen molar-refractivity contribution in [2.75, 3.05) is 6.54 Å². The van der Waals surface area contributed by atoms with Crippen LogP contribution in [0, 0.1) is 23.2 Å². The van der Waals surface area contributed by atoms with Gasteiger partial charge in [0.2, 0.25) is 5.91 Å². The van der Waals surface area contributed by atoms with Gasteiger partial charge in [0.15, 0.2) is 0 Å². The maximum absolute atomic E-state index is 11.4. The maximum atomic E-state index is 11.4. The molecule has 1 N–H and O–H groups in total. The number of rotatable bonds is 5. The third-order valence-corrected chi connectivity index (χ3v) is 1.93. The number of amides is 1. The number of carbonyl (C=O) groups excluding carboxylic acids is 1. The Bertz CT molecular complexity index is 238. The fraction of sp³-hybridized carbons (Fsp3) is 0.636. The Labute approximate surface area is 85.8 Å². The Kier molecular flexibility index (Phi) is 6.47. The molecule has 78 valence electrons. The summed E-state index contributed by atoms with van der Waals surface area (Å²) in [7, 11) is 0. The van der Waals surface area contributed by atoms with E-state index < -0.39 is 5.92 Å². The minimum Gasteiger partial charge on any atom is -0.355 e. The van der Waals surface area contributed by atoms with Crippen molar-refractivity contribution in [1.82, 2.24) is 5.32 Å². The van der Waals surface area contributed by atoms with Gasteiger partial charge in [0.05, 0.1) is 6.07 Å². The van der Waals surface area contributed by atoms with Gasteiger partial charge in [-0.1, -0.05) is 26.0 Å². The van der Waals surface area contributed by atoms with Crippen molar-refractivity contribution in [3.63, 3.8) is 0 Å². The van der Waals surface area contributed by atoms with Crippen molar-refractivity contribution in [2.45, 2.75) is 27.2 Å². The quantitative estimate of drug-likeness (QED) is 0.536. The average Bonchev–Trinajstić information content (AvgIpc) is 2.13. The molecule has 0 aliphatic heterocycles. The summed E-state index contributed by atoms with van der Waals surface area (Å²) in [6.07, 6.45) is 4.74. The monoisotopic (exact) mass is 194 g/mol. The lowest BCUT2D eigenvalue weighted by atomic mass is 9.97. The molecule has 3 heteroatoms. The first kappa shape index (κ1) is 12.7. The molecule has 0 spiro atoms. The first-order valence-corrected chi connectivity index (χ1v) is 4.92. The van der Waals surface area contributed by atoms with Crippen molar-refractivity contribution in [3.8, 4) is 6.07 Å². The van der Waals surface area contributed by atoms with E-state index in [0.717, 1.165) is 6.42 Å². The lowest BCUT2D eigenvalue weighted by molar-refractivity contribution is -0.124. The molecule has 0 rings (SSSR count). The largest absolute Gasteiger partial charge is 0.355 e. The van der Waals surface area contributed by atoms with Crippen molar-refractivity contribution >= 4 is 5.91 Å². The Morgan fingerprint density at radius 1 is 1.57 bits per heavy atom. The third-order valence-electron chi connectivity index (χ3n) is 1.93. The minimum absolute atomic E-state index is 0.0710. The van der Waals surface area contributed by atoms with Gasteiger partial charge < -0.3 is 5.32 Å². The molecule has 3 nitrogen and oxygen atoms in total. The van der Waals surface area contributed by atoms with Crippen LogP contribution in [0.2, 0.25) is 0 Å². The van der Waals surface area contributed by atoms with Crippen LogP contribution in [0.15, 0.2) is 12.2 Å². The summed E-state index contributed by atoms with van der Waals surface area (Å²) in [5.41, 5.74) is 0. The highest BCUT2D eigenvalue weighted by atomic mass is 16.1. The highest BCUT2D eigenvalue weighted by Crippen LogP contribution is 2.08. The van der Waals surface area contributed by atoms with Crippen LogP contribution < -0.4 is 5.32 Å². The molecule has 1 unspecified atom stereocenters. The molecule has 0 saturated heterocycles. The zero-order chi connectivity index (χ0) is 11.0. The van der Waals surface area contributed by atoms with Crippen molar-refractivity contribution in [3.05, 3.63) is 12.2 Å². The van der Waals surface area contributed by atoms with Gasteiger partial charge in [0, 0.05) is 6.54 Å². The van der Waals surface area contributed by atoms with Crippen LogP contribution in [-0.2, 0) is 4.79 Å². The lowest BCUT2D eigenvalue weighted by Gasteiger charge is -2.12. The molecule has 14 heavy (non-hydrogen) atoms. The van der Waals surface area contributed by atoms with Crippen molar-refractivity contribution < 1.29 is 4.79 Å². The highest BCUT2D eigenvalue weighted by Gasteiger charge is 2.20. The predicted molar refractivity (Wildman–Crippen MR) is 56.4 cm³/mol. The molecule has 1 amide bonds. The molecule has 0 saturated carbocycles. The second-order valence-corrected chi connectivity index (χ2v) is 3.50. The summed E-state index contributed by atoms with van der Waals surface area (Å²) in [5.74, 6) is -0.616. The number of hydrogen-bond donors (Lipinski definition) is 1. The van der Waals surface area contributed by atoms with Crippen molar-refractivity contribution in [1.29, 1.82) is 5.26 Å². The first-order chi connectivity index (χ1) is 6.63. The molecule has 0 radical (unpaired) electrons. The van der Waals surface area contributed by atoms with Gasteiger partial charge >= 0.3 is 0 Å². The molecule has 0 heterocycles. The Hall–Kier alpha value is -1.30. The first-order valence-electron chi connectivity index (χ1n) is 4.92. The fourth-order valence-electron chi connectivity index (χ4n) is 1.07. The van der Waals surface area contributed by atoms with Gasteiger partial charge in [-0.05, 0) is 19.3 Å². The molecule has 0 aliphatic carbocycles.